The molecular weight excluding hydrogens is 252 g/mol. The fourth-order valence-electron chi connectivity index (χ4n) is 1.64. The van der Waals surface area contributed by atoms with Gasteiger partial charge < -0.3 is 15.7 Å². The quantitative estimate of drug-likeness (QED) is 0.444. The Bertz CT molecular complexity index is 360. The number of nitrogens with zero attached hydrogens (tertiary/aromatic N) is 1. The Hall–Kier alpha value is -1.69. The lowest BCUT2D eigenvalue weighted by molar-refractivity contribution is -0.142. The number of carbonyl (C=O) groups is 2. The molecule has 0 aromatic heterocycles. The van der Waals surface area contributed by atoms with E-state index >= 15 is 0 Å². The highest BCUT2D eigenvalue weighted by Crippen LogP contribution is 2.07. The summed E-state index contributed by atoms with van der Waals surface area (Å²) in [5.74, 6) is -1.60. The summed E-state index contributed by atoms with van der Waals surface area (Å²) in [6.07, 6.45) is 1.50. The van der Waals surface area contributed by atoms with Crippen molar-refractivity contribution in [2.45, 2.75) is 37.9 Å². The third-order valence-corrected chi connectivity index (χ3v) is 2.77. The van der Waals surface area contributed by atoms with E-state index in [1.807, 2.05) is 0 Å². The number of carboxylic acid groups (broad SMARTS) is 1. The predicted molar refractivity (Wildman–Crippen MR) is 64.8 cm³/mol. The van der Waals surface area contributed by atoms with Gasteiger partial charge in [-0.1, -0.05) is 0 Å². The lowest BCUT2D eigenvalue weighted by Gasteiger charge is -2.26. The van der Waals surface area contributed by atoms with E-state index < -0.39 is 17.9 Å². The Labute approximate surface area is 111 Å². The van der Waals surface area contributed by atoms with Crippen molar-refractivity contribution >= 4 is 11.9 Å². The highest BCUT2D eigenvalue weighted by atomic mass is 16.6. The Balaban J connectivity index is 2.12. The molecule has 106 valence electrons. The fourth-order valence-corrected chi connectivity index (χ4v) is 1.64. The second kappa shape index (κ2) is 7.68. The van der Waals surface area contributed by atoms with E-state index in [4.69, 9.17) is 15.2 Å². The number of hydrogen-bond donors (Lipinski definition) is 4. The van der Waals surface area contributed by atoms with Crippen LogP contribution < -0.4 is 16.1 Å². The minimum absolute atomic E-state index is 0.0364. The van der Waals surface area contributed by atoms with Crippen molar-refractivity contribution in [3.63, 3.8) is 0 Å². The van der Waals surface area contributed by atoms with Crippen LogP contribution in [-0.4, -0.2) is 48.3 Å². The van der Waals surface area contributed by atoms with Crippen LogP contribution in [0, 0.1) is 11.3 Å². The number of aliphatic carboxylic acids is 1. The summed E-state index contributed by atoms with van der Waals surface area (Å²) in [6.45, 7) is 1.71. The molecule has 4 N–H and O–H groups in total. The minimum atomic E-state index is -1.10. The molecular formula is C11H18N4O4. The van der Waals surface area contributed by atoms with Crippen molar-refractivity contribution in [1.82, 2.24) is 16.1 Å². The van der Waals surface area contributed by atoms with Crippen LogP contribution in [-0.2, 0) is 14.4 Å². The molecule has 1 saturated heterocycles. The zero-order valence-corrected chi connectivity index (χ0v) is 10.7. The first kappa shape index (κ1) is 15.4. The standard InChI is InChI=1S/C11H18N4O4/c1-7(11(17)18)14-10(16)6-19-15-9-3-2-8(4-12)13-5-9/h7-9,13,15H,2-3,5-6H2,1H3,(H,14,16)(H,17,18)/t7?,8-,9+/m0/s1. The van der Waals surface area contributed by atoms with Crippen molar-refractivity contribution in [2.75, 3.05) is 13.2 Å². The van der Waals surface area contributed by atoms with Gasteiger partial charge in [-0.15, -0.1) is 0 Å². The van der Waals surface area contributed by atoms with Gasteiger partial charge in [-0.3, -0.25) is 14.4 Å². The van der Waals surface area contributed by atoms with Crippen LogP contribution in [0.15, 0.2) is 0 Å². The van der Waals surface area contributed by atoms with E-state index in [2.05, 4.69) is 22.2 Å². The molecule has 0 aromatic carbocycles. The van der Waals surface area contributed by atoms with Gasteiger partial charge in [0.05, 0.1) is 12.1 Å². The zero-order valence-electron chi connectivity index (χ0n) is 10.7. The van der Waals surface area contributed by atoms with Crippen LogP contribution in [0.4, 0.5) is 0 Å². The van der Waals surface area contributed by atoms with Crippen LogP contribution in [0.3, 0.4) is 0 Å². The van der Waals surface area contributed by atoms with Gasteiger partial charge in [-0.05, 0) is 19.8 Å². The number of rotatable bonds is 6. The van der Waals surface area contributed by atoms with Gasteiger partial charge in [0.25, 0.3) is 0 Å². The Morgan fingerprint density at radius 1 is 1.58 bits per heavy atom. The molecule has 8 nitrogen and oxygen atoms in total. The van der Waals surface area contributed by atoms with Crippen molar-refractivity contribution < 1.29 is 19.5 Å². The molecule has 1 aliphatic rings. The van der Waals surface area contributed by atoms with E-state index in [-0.39, 0.29) is 18.7 Å². The van der Waals surface area contributed by atoms with Gasteiger partial charge in [-0.25, -0.2) is 0 Å². The maximum atomic E-state index is 11.3. The van der Waals surface area contributed by atoms with Crippen LogP contribution in [0.2, 0.25) is 0 Å². The number of carboxylic acids is 1. The van der Waals surface area contributed by atoms with Crippen molar-refractivity contribution in [2.24, 2.45) is 0 Å². The third-order valence-electron chi connectivity index (χ3n) is 2.77. The van der Waals surface area contributed by atoms with Crippen molar-refractivity contribution in [3.05, 3.63) is 0 Å². The highest BCUT2D eigenvalue weighted by Gasteiger charge is 2.20. The van der Waals surface area contributed by atoms with Crippen LogP contribution in [0.25, 0.3) is 0 Å². The molecule has 0 bridgehead atoms. The Morgan fingerprint density at radius 2 is 2.32 bits per heavy atom. The second-order valence-electron chi connectivity index (χ2n) is 4.40. The number of nitrogens with one attached hydrogen (secondary N) is 3. The van der Waals surface area contributed by atoms with Crippen LogP contribution in [0.5, 0.6) is 0 Å². The maximum Gasteiger partial charge on any atom is 0.325 e. The van der Waals surface area contributed by atoms with Crippen LogP contribution in [0.1, 0.15) is 19.8 Å². The highest BCUT2D eigenvalue weighted by molar-refractivity contribution is 5.83. The molecule has 19 heavy (non-hydrogen) atoms. The lowest BCUT2D eigenvalue weighted by atomic mass is 10.0. The molecule has 1 unspecified atom stereocenters. The van der Waals surface area contributed by atoms with E-state index in [0.29, 0.717) is 6.54 Å². The topological polar surface area (TPSA) is 123 Å². The molecule has 0 aliphatic carbocycles. The first-order valence-electron chi connectivity index (χ1n) is 6.05. The predicted octanol–water partition coefficient (Wildman–Crippen LogP) is -1.26. The van der Waals surface area contributed by atoms with Gasteiger partial charge in [0.15, 0.2) is 0 Å². The summed E-state index contributed by atoms with van der Waals surface area (Å²) in [7, 11) is 0. The monoisotopic (exact) mass is 270 g/mol. The molecule has 1 amide bonds. The number of hydroxylamine groups is 1. The fraction of sp³-hybridized carbons (Fsp3) is 0.727. The number of piperidine rings is 1. The SMILES string of the molecule is CC(NC(=O)CON[C@@H]1CC[C@@H](C#N)NC1)C(=O)O. The minimum Gasteiger partial charge on any atom is -0.480 e. The number of hydrogen-bond acceptors (Lipinski definition) is 6. The molecule has 0 aromatic rings. The van der Waals surface area contributed by atoms with Gasteiger partial charge in [0, 0.05) is 12.6 Å². The van der Waals surface area contributed by atoms with Crippen LogP contribution >= 0.6 is 0 Å². The summed E-state index contributed by atoms with van der Waals surface area (Å²) >= 11 is 0. The lowest BCUT2D eigenvalue weighted by Crippen LogP contribution is -2.48. The summed E-state index contributed by atoms with van der Waals surface area (Å²) in [4.78, 5) is 26.8. The Morgan fingerprint density at radius 3 is 2.84 bits per heavy atom. The van der Waals surface area contributed by atoms with Gasteiger partial charge in [0.1, 0.15) is 12.6 Å². The molecule has 0 radical (unpaired) electrons. The molecule has 1 rings (SSSR count). The molecule has 0 saturated carbocycles. The van der Waals surface area contributed by atoms with Gasteiger partial charge >= 0.3 is 5.97 Å². The molecule has 1 aliphatic heterocycles. The van der Waals surface area contributed by atoms with Crippen molar-refractivity contribution in [3.8, 4) is 6.07 Å². The molecule has 1 heterocycles. The van der Waals surface area contributed by atoms with Gasteiger partial charge in [-0.2, -0.15) is 10.7 Å². The smallest absolute Gasteiger partial charge is 0.325 e. The largest absolute Gasteiger partial charge is 0.480 e. The van der Waals surface area contributed by atoms with E-state index in [1.165, 1.54) is 6.92 Å². The summed E-state index contributed by atoms with van der Waals surface area (Å²) in [5.41, 5.74) is 2.72. The first-order chi connectivity index (χ1) is 9.02. The van der Waals surface area contributed by atoms with E-state index in [9.17, 15) is 9.59 Å². The molecule has 8 heteroatoms. The normalized spacial score (nSPS) is 24.2. The van der Waals surface area contributed by atoms with Crippen molar-refractivity contribution in [1.29, 1.82) is 5.26 Å². The third kappa shape index (κ3) is 5.65. The first-order valence-corrected chi connectivity index (χ1v) is 6.05. The number of carbonyl (C=O) groups excluding carboxylic acids is 1. The maximum absolute atomic E-state index is 11.3. The number of nitriles is 1. The average Bonchev–Trinajstić information content (AvgIpc) is 2.39. The van der Waals surface area contributed by atoms with E-state index in [1.54, 1.807) is 0 Å². The van der Waals surface area contributed by atoms with Gasteiger partial charge in [0.2, 0.25) is 5.91 Å². The van der Waals surface area contributed by atoms with E-state index in [0.717, 1.165) is 12.8 Å². The summed E-state index contributed by atoms with van der Waals surface area (Å²) < 4.78 is 0. The summed E-state index contributed by atoms with van der Waals surface area (Å²) in [5, 5.41) is 22.6. The Kier molecular flexibility index (Phi) is 6.21. The average molecular weight is 270 g/mol. The number of amides is 1. The molecule has 0 spiro atoms. The second-order valence-corrected chi connectivity index (χ2v) is 4.40. The molecule has 3 atom stereocenters. The zero-order chi connectivity index (χ0) is 14.3. The summed E-state index contributed by atoms with van der Waals surface area (Å²) in [6, 6.07) is 1.10. The molecule has 1 fully saturated rings.